The summed E-state index contributed by atoms with van der Waals surface area (Å²) in [7, 11) is -3.23. The van der Waals surface area contributed by atoms with Gasteiger partial charge in [0.15, 0.2) is 0 Å². The van der Waals surface area contributed by atoms with Gasteiger partial charge in [-0.05, 0) is 45.5 Å². The summed E-state index contributed by atoms with van der Waals surface area (Å²) in [5.74, 6) is 0. The molecule has 0 radical (unpaired) electrons. The lowest BCUT2D eigenvalue weighted by atomic mass is 9.95. The van der Waals surface area contributed by atoms with Gasteiger partial charge in [0.05, 0.1) is 6.26 Å². The molecule has 3 aromatic rings. The Balaban J connectivity index is 2.06. The summed E-state index contributed by atoms with van der Waals surface area (Å²) in [6, 6.07) is 20.7. The van der Waals surface area contributed by atoms with Crippen molar-refractivity contribution in [3.05, 3.63) is 71.8 Å². The summed E-state index contributed by atoms with van der Waals surface area (Å²) >= 11 is 3.52. The van der Waals surface area contributed by atoms with Crippen molar-refractivity contribution in [1.29, 1.82) is 0 Å². The number of alkyl halides is 1. The summed E-state index contributed by atoms with van der Waals surface area (Å²) in [6.07, 6.45) is 2.15. The molecule has 0 atom stereocenters. The minimum absolute atomic E-state index is 0.288. The number of aryl methyl sites for hydroxylation is 1. The predicted octanol–water partition coefficient (Wildman–Crippen LogP) is 4.49. The van der Waals surface area contributed by atoms with Gasteiger partial charge in [-0.15, -0.1) is 0 Å². The molecular weight excluding hydrogens is 398 g/mol. The number of fused-ring (bicyclic) bond motifs is 1. The SMILES string of the molecule is CS(=O)(=O)NCc1ccccc1-c1ccc2cccc(CCBr)c2c1. The summed E-state index contributed by atoms with van der Waals surface area (Å²) in [6.45, 7) is 0.288. The van der Waals surface area contributed by atoms with Gasteiger partial charge in [0.1, 0.15) is 0 Å². The van der Waals surface area contributed by atoms with Gasteiger partial charge in [-0.3, -0.25) is 0 Å². The van der Waals surface area contributed by atoms with Crippen molar-refractivity contribution >= 4 is 36.7 Å². The Labute approximate surface area is 157 Å². The molecule has 25 heavy (non-hydrogen) atoms. The molecule has 0 bridgehead atoms. The largest absolute Gasteiger partial charge is 0.213 e. The molecule has 0 aliphatic rings. The highest BCUT2D eigenvalue weighted by atomic mass is 79.9. The second-order valence-electron chi connectivity index (χ2n) is 6.04. The Kier molecular flexibility index (Phi) is 5.57. The minimum atomic E-state index is -3.23. The van der Waals surface area contributed by atoms with Gasteiger partial charge in [0.2, 0.25) is 10.0 Å². The van der Waals surface area contributed by atoms with E-state index >= 15 is 0 Å². The molecule has 0 fully saturated rings. The minimum Gasteiger partial charge on any atom is -0.213 e. The maximum atomic E-state index is 11.4. The van der Waals surface area contributed by atoms with Crippen LogP contribution in [0.4, 0.5) is 0 Å². The highest BCUT2D eigenvalue weighted by molar-refractivity contribution is 9.09. The zero-order chi connectivity index (χ0) is 17.9. The maximum absolute atomic E-state index is 11.4. The molecule has 0 aliphatic carbocycles. The van der Waals surface area contributed by atoms with Gasteiger partial charge in [0.25, 0.3) is 0 Å². The second kappa shape index (κ2) is 7.68. The van der Waals surface area contributed by atoms with Crippen LogP contribution in [0.15, 0.2) is 60.7 Å². The van der Waals surface area contributed by atoms with Crippen LogP contribution in [0.5, 0.6) is 0 Å². The van der Waals surface area contributed by atoms with Crippen molar-refractivity contribution in [1.82, 2.24) is 4.72 Å². The molecule has 0 saturated heterocycles. The number of hydrogen-bond donors (Lipinski definition) is 1. The number of sulfonamides is 1. The fraction of sp³-hybridized carbons (Fsp3) is 0.200. The molecule has 3 nitrogen and oxygen atoms in total. The molecule has 0 aromatic heterocycles. The molecule has 0 spiro atoms. The first kappa shape index (κ1) is 18.1. The van der Waals surface area contributed by atoms with Crippen molar-refractivity contribution in [3.8, 4) is 11.1 Å². The van der Waals surface area contributed by atoms with Crippen LogP contribution >= 0.6 is 15.9 Å². The Morgan fingerprint density at radius 3 is 2.48 bits per heavy atom. The zero-order valence-electron chi connectivity index (χ0n) is 14.0. The summed E-state index contributed by atoms with van der Waals surface area (Å²) in [5.41, 5.74) is 4.42. The van der Waals surface area contributed by atoms with Crippen LogP contribution in [0, 0.1) is 0 Å². The Morgan fingerprint density at radius 2 is 1.72 bits per heavy atom. The number of halogens is 1. The number of rotatable bonds is 6. The van der Waals surface area contributed by atoms with E-state index < -0.39 is 10.0 Å². The van der Waals surface area contributed by atoms with Crippen LogP contribution < -0.4 is 4.72 Å². The van der Waals surface area contributed by atoms with E-state index in [1.54, 1.807) is 0 Å². The van der Waals surface area contributed by atoms with E-state index in [0.717, 1.165) is 28.4 Å². The quantitative estimate of drug-likeness (QED) is 0.600. The van der Waals surface area contributed by atoms with Crippen molar-refractivity contribution in [3.63, 3.8) is 0 Å². The second-order valence-corrected chi connectivity index (χ2v) is 8.67. The Hall–Kier alpha value is -1.69. The average Bonchev–Trinajstić information content (AvgIpc) is 2.60. The third-order valence-corrected chi connectivity index (χ3v) is 5.25. The fourth-order valence-corrected chi connectivity index (χ4v) is 3.83. The number of benzene rings is 3. The molecule has 0 unspecified atom stereocenters. The van der Waals surface area contributed by atoms with Crippen molar-refractivity contribution in [2.24, 2.45) is 0 Å². The van der Waals surface area contributed by atoms with E-state index in [2.05, 4.69) is 57.1 Å². The molecule has 0 aliphatic heterocycles. The molecule has 130 valence electrons. The predicted molar refractivity (Wildman–Crippen MR) is 109 cm³/mol. The van der Waals surface area contributed by atoms with Crippen molar-refractivity contribution < 1.29 is 8.42 Å². The first-order valence-electron chi connectivity index (χ1n) is 8.08. The van der Waals surface area contributed by atoms with E-state index in [9.17, 15) is 8.42 Å². The van der Waals surface area contributed by atoms with Crippen LogP contribution in [0.1, 0.15) is 11.1 Å². The normalized spacial score (nSPS) is 11.8. The average molecular weight is 418 g/mol. The smallest absolute Gasteiger partial charge is 0.209 e. The van der Waals surface area contributed by atoms with Gasteiger partial charge < -0.3 is 0 Å². The first-order chi connectivity index (χ1) is 12.0. The van der Waals surface area contributed by atoms with Crippen LogP contribution in [-0.4, -0.2) is 20.0 Å². The van der Waals surface area contributed by atoms with E-state index in [0.29, 0.717) is 0 Å². The topological polar surface area (TPSA) is 46.2 Å². The molecule has 3 rings (SSSR count). The molecule has 0 amide bonds. The number of nitrogens with one attached hydrogen (secondary N) is 1. The van der Waals surface area contributed by atoms with Gasteiger partial charge in [-0.1, -0.05) is 70.5 Å². The molecule has 0 heterocycles. The van der Waals surface area contributed by atoms with Gasteiger partial charge in [-0.25, -0.2) is 13.1 Å². The third kappa shape index (κ3) is 4.48. The zero-order valence-corrected chi connectivity index (χ0v) is 16.4. The van der Waals surface area contributed by atoms with E-state index in [1.807, 2.05) is 24.3 Å². The fourth-order valence-electron chi connectivity index (χ4n) is 2.99. The summed E-state index contributed by atoms with van der Waals surface area (Å²) < 4.78 is 25.4. The van der Waals surface area contributed by atoms with Crippen LogP contribution in [0.2, 0.25) is 0 Å². The highest BCUT2D eigenvalue weighted by Crippen LogP contribution is 2.29. The van der Waals surface area contributed by atoms with E-state index in [4.69, 9.17) is 0 Å². The monoisotopic (exact) mass is 417 g/mol. The molecule has 1 N–H and O–H groups in total. The number of hydrogen-bond acceptors (Lipinski definition) is 2. The first-order valence-corrected chi connectivity index (χ1v) is 11.1. The summed E-state index contributed by atoms with van der Waals surface area (Å²) in [4.78, 5) is 0. The Bertz CT molecular complexity index is 1000. The van der Waals surface area contributed by atoms with Crippen LogP contribution in [0.25, 0.3) is 21.9 Å². The summed E-state index contributed by atoms with van der Waals surface area (Å²) in [5, 5.41) is 3.38. The lowest BCUT2D eigenvalue weighted by molar-refractivity contribution is 0.587. The van der Waals surface area contributed by atoms with Gasteiger partial charge in [-0.2, -0.15) is 0 Å². The maximum Gasteiger partial charge on any atom is 0.209 e. The molecule has 5 heteroatoms. The van der Waals surface area contributed by atoms with Crippen molar-refractivity contribution in [2.45, 2.75) is 13.0 Å². The van der Waals surface area contributed by atoms with E-state index in [1.165, 1.54) is 22.6 Å². The highest BCUT2D eigenvalue weighted by Gasteiger charge is 2.09. The lowest BCUT2D eigenvalue weighted by Gasteiger charge is -2.12. The van der Waals surface area contributed by atoms with Gasteiger partial charge in [0, 0.05) is 11.9 Å². The van der Waals surface area contributed by atoms with Crippen LogP contribution in [-0.2, 0) is 23.0 Å². The Morgan fingerprint density at radius 1 is 0.960 bits per heavy atom. The molecular formula is C20H20BrNO2S. The third-order valence-electron chi connectivity index (χ3n) is 4.19. The van der Waals surface area contributed by atoms with Crippen molar-refractivity contribution in [2.75, 3.05) is 11.6 Å². The lowest BCUT2D eigenvalue weighted by Crippen LogP contribution is -2.21. The van der Waals surface area contributed by atoms with E-state index in [-0.39, 0.29) is 6.54 Å². The molecule has 0 saturated carbocycles. The van der Waals surface area contributed by atoms with Crippen LogP contribution in [0.3, 0.4) is 0 Å². The standard InChI is InChI=1S/C20H20BrNO2S/c1-25(23,24)22-14-18-5-2-3-8-19(18)17-10-9-15-6-4-7-16(11-12-21)20(15)13-17/h2-10,13,22H,11-12,14H2,1H3. The molecule has 3 aromatic carbocycles. The van der Waals surface area contributed by atoms with Gasteiger partial charge >= 0.3 is 0 Å².